The Morgan fingerprint density at radius 2 is 1.75 bits per heavy atom. The zero-order valence-corrected chi connectivity index (χ0v) is 14.3. The first-order chi connectivity index (χ1) is 11.6. The van der Waals surface area contributed by atoms with Gasteiger partial charge < -0.3 is 4.42 Å². The van der Waals surface area contributed by atoms with E-state index in [4.69, 9.17) is 4.42 Å². The topological polar surface area (TPSA) is 59.3 Å². The van der Waals surface area contributed by atoms with Gasteiger partial charge in [0.1, 0.15) is 11.2 Å². The van der Waals surface area contributed by atoms with E-state index >= 15 is 0 Å². The third kappa shape index (κ3) is 2.94. The Labute approximate surface area is 141 Å². The van der Waals surface area contributed by atoms with Crippen LogP contribution in [0.15, 0.2) is 51.8 Å². The molecule has 5 heteroatoms. The van der Waals surface area contributed by atoms with E-state index in [2.05, 4.69) is 4.72 Å². The summed E-state index contributed by atoms with van der Waals surface area (Å²) in [5.41, 5.74) is 1.48. The van der Waals surface area contributed by atoms with Crippen LogP contribution >= 0.6 is 0 Å². The lowest BCUT2D eigenvalue weighted by atomic mass is 10.1. The zero-order valence-electron chi connectivity index (χ0n) is 13.5. The molecule has 1 heterocycles. The van der Waals surface area contributed by atoms with Gasteiger partial charge in [-0.25, -0.2) is 13.1 Å². The molecule has 0 radical (unpaired) electrons. The fourth-order valence-electron chi connectivity index (χ4n) is 3.65. The van der Waals surface area contributed by atoms with Crippen molar-refractivity contribution in [2.45, 2.75) is 37.0 Å². The van der Waals surface area contributed by atoms with Crippen LogP contribution in [0.1, 0.15) is 32.1 Å². The molecule has 24 heavy (non-hydrogen) atoms. The fraction of sp³-hybridized carbons (Fsp3) is 0.368. The highest BCUT2D eigenvalue weighted by Crippen LogP contribution is 2.30. The summed E-state index contributed by atoms with van der Waals surface area (Å²) in [5, 5.41) is 1.78. The molecule has 4 rings (SSSR count). The molecule has 1 aliphatic carbocycles. The van der Waals surface area contributed by atoms with Crippen molar-refractivity contribution in [1.29, 1.82) is 0 Å². The van der Waals surface area contributed by atoms with Gasteiger partial charge in [-0.05, 0) is 36.6 Å². The van der Waals surface area contributed by atoms with Crippen LogP contribution in [0.2, 0.25) is 0 Å². The predicted molar refractivity (Wildman–Crippen MR) is 95.5 cm³/mol. The molecule has 1 aliphatic rings. The second kappa shape index (κ2) is 6.22. The summed E-state index contributed by atoms with van der Waals surface area (Å²) in [4.78, 5) is 0.299. The molecule has 1 N–H and O–H groups in total. The average molecular weight is 343 g/mol. The largest absolute Gasteiger partial charge is 0.456 e. The van der Waals surface area contributed by atoms with Crippen molar-refractivity contribution in [3.05, 3.63) is 42.5 Å². The molecule has 0 atom stereocenters. The van der Waals surface area contributed by atoms with E-state index in [1.54, 1.807) is 18.2 Å². The van der Waals surface area contributed by atoms with Gasteiger partial charge in [-0.3, -0.25) is 0 Å². The lowest BCUT2D eigenvalue weighted by Gasteiger charge is -2.10. The normalized spacial score (nSPS) is 16.3. The average Bonchev–Trinajstić information content (AvgIpc) is 3.21. The van der Waals surface area contributed by atoms with Gasteiger partial charge in [-0.2, -0.15) is 0 Å². The van der Waals surface area contributed by atoms with Crippen molar-refractivity contribution >= 4 is 32.0 Å². The first-order valence-corrected chi connectivity index (χ1v) is 10.0. The van der Waals surface area contributed by atoms with E-state index in [9.17, 15) is 8.42 Å². The van der Waals surface area contributed by atoms with Crippen LogP contribution in [0.3, 0.4) is 0 Å². The Bertz CT molecular complexity index is 969. The molecule has 1 aromatic heterocycles. The number of furan rings is 1. The lowest BCUT2D eigenvalue weighted by Crippen LogP contribution is -2.25. The molecule has 0 amide bonds. The maximum atomic E-state index is 12.6. The first-order valence-electron chi connectivity index (χ1n) is 8.54. The molecule has 0 unspecified atom stereocenters. The van der Waals surface area contributed by atoms with E-state index in [1.165, 1.54) is 25.7 Å². The van der Waals surface area contributed by atoms with Gasteiger partial charge in [0.05, 0.1) is 4.90 Å². The predicted octanol–water partition coefficient (Wildman–Crippen LogP) is 4.44. The van der Waals surface area contributed by atoms with Crippen molar-refractivity contribution in [3.63, 3.8) is 0 Å². The number of benzene rings is 2. The minimum atomic E-state index is -3.48. The monoisotopic (exact) mass is 343 g/mol. The SMILES string of the molecule is O=S(=O)(NCCC1CCCC1)c1ccc2oc3ccccc3c2c1. The van der Waals surface area contributed by atoms with Gasteiger partial charge in [-0.1, -0.05) is 43.9 Å². The first kappa shape index (κ1) is 15.7. The van der Waals surface area contributed by atoms with Gasteiger partial charge >= 0.3 is 0 Å². The maximum Gasteiger partial charge on any atom is 0.240 e. The summed E-state index contributed by atoms with van der Waals surface area (Å²) < 4.78 is 33.6. The number of nitrogens with one attached hydrogen (secondary N) is 1. The van der Waals surface area contributed by atoms with Gasteiger partial charge in [0.25, 0.3) is 0 Å². The number of rotatable bonds is 5. The highest BCUT2D eigenvalue weighted by molar-refractivity contribution is 7.89. The molecule has 1 saturated carbocycles. The van der Waals surface area contributed by atoms with E-state index in [0.717, 1.165) is 22.8 Å². The Morgan fingerprint density at radius 1 is 1.00 bits per heavy atom. The smallest absolute Gasteiger partial charge is 0.240 e. The standard InChI is InChI=1S/C19H21NO3S/c21-24(22,20-12-11-14-5-1-2-6-14)15-9-10-19-17(13-15)16-7-3-4-8-18(16)23-19/h3-4,7-10,13-14,20H,1-2,5-6,11-12H2. The quantitative estimate of drug-likeness (QED) is 0.745. The van der Waals surface area contributed by atoms with E-state index in [1.807, 2.05) is 24.3 Å². The number of hydrogen-bond donors (Lipinski definition) is 1. The summed E-state index contributed by atoms with van der Waals surface area (Å²) in [7, 11) is -3.48. The van der Waals surface area contributed by atoms with E-state index < -0.39 is 10.0 Å². The molecule has 3 aromatic rings. The van der Waals surface area contributed by atoms with Crippen molar-refractivity contribution in [2.75, 3.05) is 6.54 Å². The zero-order chi connectivity index (χ0) is 16.6. The van der Waals surface area contributed by atoms with Crippen molar-refractivity contribution in [2.24, 2.45) is 5.92 Å². The number of hydrogen-bond acceptors (Lipinski definition) is 3. The molecule has 0 saturated heterocycles. The highest BCUT2D eigenvalue weighted by Gasteiger charge is 2.19. The van der Waals surface area contributed by atoms with E-state index in [0.29, 0.717) is 22.9 Å². The molecule has 4 nitrogen and oxygen atoms in total. The lowest BCUT2D eigenvalue weighted by molar-refractivity contribution is 0.495. The van der Waals surface area contributed by atoms with Gasteiger partial charge in [-0.15, -0.1) is 0 Å². The fourth-order valence-corrected chi connectivity index (χ4v) is 4.73. The minimum absolute atomic E-state index is 0.299. The number of para-hydroxylation sites is 1. The summed E-state index contributed by atoms with van der Waals surface area (Å²) in [5.74, 6) is 0.674. The third-order valence-electron chi connectivity index (χ3n) is 4.98. The van der Waals surface area contributed by atoms with Crippen LogP contribution in [0, 0.1) is 5.92 Å². The summed E-state index contributed by atoms with van der Waals surface area (Å²) in [6.45, 7) is 0.511. The highest BCUT2D eigenvalue weighted by atomic mass is 32.2. The van der Waals surface area contributed by atoms with Crippen LogP contribution in [-0.4, -0.2) is 15.0 Å². The van der Waals surface area contributed by atoms with Crippen LogP contribution in [0.25, 0.3) is 21.9 Å². The molecule has 1 fully saturated rings. The van der Waals surface area contributed by atoms with Crippen LogP contribution in [0.4, 0.5) is 0 Å². The molecule has 0 spiro atoms. The molecular formula is C19H21NO3S. The Morgan fingerprint density at radius 3 is 2.58 bits per heavy atom. The third-order valence-corrected chi connectivity index (χ3v) is 6.44. The summed E-state index contributed by atoms with van der Waals surface area (Å²) in [6, 6.07) is 12.7. The van der Waals surface area contributed by atoms with Crippen molar-refractivity contribution in [3.8, 4) is 0 Å². The second-order valence-corrected chi connectivity index (χ2v) is 8.36. The van der Waals surface area contributed by atoms with Gasteiger partial charge in [0, 0.05) is 17.3 Å². The Hall–Kier alpha value is -1.85. The van der Waals surface area contributed by atoms with Crippen LogP contribution < -0.4 is 4.72 Å². The summed E-state index contributed by atoms with van der Waals surface area (Å²) in [6.07, 6.45) is 5.95. The molecule has 126 valence electrons. The number of fused-ring (bicyclic) bond motifs is 3. The molecule has 0 aliphatic heterocycles. The minimum Gasteiger partial charge on any atom is -0.456 e. The number of sulfonamides is 1. The Balaban J connectivity index is 1.58. The van der Waals surface area contributed by atoms with Gasteiger partial charge in [0.2, 0.25) is 10.0 Å². The molecular weight excluding hydrogens is 322 g/mol. The maximum absolute atomic E-state index is 12.6. The van der Waals surface area contributed by atoms with Crippen LogP contribution in [0.5, 0.6) is 0 Å². The van der Waals surface area contributed by atoms with E-state index in [-0.39, 0.29) is 0 Å². The second-order valence-electron chi connectivity index (χ2n) is 6.59. The molecule has 2 aromatic carbocycles. The Kier molecular flexibility index (Phi) is 4.06. The van der Waals surface area contributed by atoms with Gasteiger partial charge in [0.15, 0.2) is 0 Å². The molecule has 0 bridgehead atoms. The van der Waals surface area contributed by atoms with Crippen molar-refractivity contribution in [1.82, 2.24) is 4.72 Å². The summed E-state index contributed by atoms with van der Waals surface area (Å²) >= 11 is 0. The van der Waals surface area contributed by atoms with Crippen molar-refractivity contribution < 1.29 is 12.8 Å². The van der Waals surface area contributed by atoms with Crippen LogP contribution in [-0.2, 0) is 10.0 Å².